The molecule has 0 aromatic heterocycles. The summed E-state index contributed by atoms with van der Waals surface area (Å²) in [6, 6.07) is 0. The molecule has 9 heavy (non-hydrogen) atoms. The van der Waals surface area contributed by atoms with Crippen molar-refractivity contribution in [1.82, 2.24) is 5.32 Å². The smallest absolute Gasteiger partial charge is 0.0289 e. The molecule has 0 aliphatic carbocycles. The first-order chi connectivity index (χ1) is 3.95. The van der Waals surface area contributed by atoms with E-state index in [4.69, 9.17) is 0 Å². The molecule has 0 amide bonds. The third-order valence-electron chi connectivity index (χ3n) is 0.782. The zero-order valence-electron chi connectivity index (χ0n) is 6.49. The van der Waals surface area contributed by atoms with Crippen molar-refractivity contribution >= 4 is 0 Å². The molecule has 0 rings (SSSR count). The molecular weight excluding hydrogens is 110 g/mol. The van der Waals surface area contributed by atoms with E-state index in [2.05, 4.69) is 39.2 Å². The zero-order valence-corrected chi connectivity index (χ0v) is 6.49. The number of allylic oxidation sites excluding steroid dienone is 1. The molecule has 0 bridgehead atoms. The maximum absolute atomic E-state index is 3.73. The Bertz CT molecular complexity index is 117. The van der Waals surface area contributed by atoms with E-state index >= 15 is 0 Å². The number of hydrogen-bond acceptors (Lipinski definition) is 1. The molecule has 1 heteroatoms. The summed E-state index contributed by atoms with van der Waals surface area (Å²) in [7, 11) is 0. The van der Waals surface area contributed by atoms with Crippen LogP contribution in [0.4, 0.5) is 0 Å². The maximum Gasteiger partial charge on any atom is 0.0289 e. The fraction of sp³-hybridized carbons (Fsp3) is 0.500. The standard InChI is InChI=1S/C8H15N/c1-6-7(2)9-8(3,4)5/h6,9H,1-2H2,3-5H3. The SMILES string of the molecule is C=CC(=C)NC(C)(C)C. The lowest BCUT2D eigenvalue weighted by atomic mass is 10.1. The molecule has 52 valence electrons. The Morgan fingerprint density at radius 1 is 1.44 bits per heavy atom. The van der Waals surface area contributed by atoms with Crippen LogP contribution >= 0.6 is 0 Å². The fourth-order valence-corrected chi connectivity index (χ4v) is 0.533. The van der Waals surface area contributed by atoms with E-state index in [0.717, 1.165) is 5.70 Å². The van der Waals surface area contributed by atoms with E-state index in [-0.39, 0.29) is 5.54 Å². The molecule has 0 aromatic rings. The molecule has 0 saturated heterocycles. The second-order valence-corrected chi connectivity index (χ2v) is 3.10. The predicted octanol–water partition coefficient (Wildman–Crippen LogP) is 2.07. The summed E-state index contributed by atoms with van der Waals surface area (Å²) in [4.78, 5) is 0. The van der Waals surface area contributed by atoms with Crippen molar-refractivity contribution in [3.63, 3.8) is 0 Å². The molecule has 0 radical (unpaired) electrons. The molecule has 0 heterocycles. The van der Waals surface area contributed by atoms with Crippen molar-refractivity contribution in [1.29, 1.82) is 0 Å². The number of hydrogen-bond donors (Lipinski definition) is 1. The first kappa shape index (κ1) is 8.28. The molecule has 0 aliphatic rings. The van der Waals surface area contributed by atoms with Crippen molar-refractivity contribution in [3.8, 4) is 0 Å². The Labute approximate surface area is 57.5 Å². The maximum atomic E-state index is 3.73. The van der Waals surface area contributed by atoms with Crippen molar-refractivity contribution in [2.75, 3.05) is 0 Å². The summed E-state index contributed by atoms with van der Waals surface area (Å²) in [6.45, 7) is 13.6. The summed E-state index contributed by atoms with van der Waals surface area (Å²) < 4.78 is 0. The molecule has 0 unspecified atom stereocenters. The Kier molecular flexibility index (Phi) is 2.50. The minimum Gasteiger partial charge on any atom is -0.381 e. The largest absolute Gasteiger partial charge is 0.381 e. The lowest BCUT2D eigenvalue weighted by Gasteiger charge is -2.21. The van der Waals surface area contributed by atoms with Gasteiger partial charge in [0.1, 0.15) is 0 Å². The summed E-state index contributed by atoms with van der Waals surface area (Å²) in [6.07, 6.45) is 1.71. The lowest BCUT2D eigenvalue weighted by molar-refractivity contribution is 0.480. The van der Waals surface area contributed by atoms with Crippen LogP contribution in [0.2, 0.25) is 0 Å². The van der Waals surface area contributed by atoms with Crippen LogP contribution in [-0.4, -0.2) is 5.54 Å². The van der Waals surface area contributed by atoms with E-state index < -0.39 is 0 Å². The van der Waals surface area contributed by atoms with E-state index in [9.17, 15) is 0 Å². The van der Waals surface area contributed by atoms with Gasteiger partial charge in [-0.1, -0.05) is 13.2 Å². The van der Waals surface area contributed by atoms with Crippen LogP contribution in [0.25, 0.3) is 0 Å². The van der Waals surface area contributed by atoms with Crippen LogP contribution in [0.5, 0.6) is 0 Å². The molecule has 0 fully saturated rings. The van der Waals surface area contributed by atoms with E-state index in [1.54, 1.807) is 6.08 Å². The van der Waals surface area contributed by atoms with Crippen molar-refractivity contribution in [2.45, 2.75) is 26.3 Å². The van der Waals surface area contributed by atoms with Gasteiger partial charge in [-0.2, -0.15) is 0 Å². The number of nitrogens with one attached hydrogen (secondary N) is 1. The fourth-order valence-electron chi connectivity index (χ4n) is 0.533. The van der Waals surface area contributed by atoms with Crippen LogP contribution in [0.3, 0.4) is 0 Å². The Balaban J connectivity index is 3.74. The van der Waals surface area contributed by atoms with E-state index in [0.29, 0.717) is 0 Å². The summed E-state index contributed by atoms with van der Waals surface area (Å²) in [5, 5.41) is 3.16. The van der Waals surface area contributed by atoms with Gasteiger partial charge in [-0.15, -0.1) is 0 Å². The van der Waals surface area contributed by atoms with Gasteiger partial charge in [-0.3, -0.25) is 0 Å². The predicted molar refractivity (Wildman–Crippen MR) is 42.2 cm³/mol. The van der Waals surface area contributed by atoms with E-state index in [1.807, 2.05) is 0 Å². The molecular formula is C8H15N. The van der Waals surface area contributed by atoms with Gasteiger partial charge in [-0.05, 0) is 26.8 Å². The minimum atomic E-state index is 0.102. The Morgan fingerprint density at radius 3 is 2.00 bits per heavy atom. The van der Waals surface area contributed by atoms with Crippen molar-refractivity contribution in [2.24, 2.45) is 0 Å². The molecule has 0 spiro atoms. The highest BCUT2D eigenvalue weighted by atomic mass is 14.9. The van der Waals surface area contributed by atoms with Gasteiger partial charge in [-0.25, -0.2) is 0 Å². The topological polar surface area (TPSA) is 12.0 Å². The highest BCUT2D eigenvalue weighted by Crippen LogP contribution is 2.01. The van der Waals surface area contributed by atoms with Gasteiger partial charge in [0, 0.05) is 11.2 Å². The highest BCUT2D eigenvalue weighted by Gasteiger charge is 2.06. The Hall–Kier alpha value is -0.720. The lowest BCUT2D eigenvalue weighted by Crippen LogP contribution is -2.33. The molecule has 0 atom stereocenters. The summed E-state index contributed by atoms with van der Waals surface area (Å²) in [5.41, 5.74) is 0.980. The van der Waals surface area contributed by atoms with E-state index in [1.165, 1.54) is 0 Å². The summed E-state index contributed by atoms with van der Waals surface area (Å²) >= 11 is 0. The van der Waals surface area contributed by atoms with Crippen molar-refractivity contribution in [3.05, 3.63) is 24.9 Å². The van der Waals surface area contributed by atoms with Gasteiger partial charge in [0.15, 0.2) is 0 Å². The van der Waals surface area contributed by atoms with Crippen LogP contribution in [0.1, 0.15) is 20.8 Å². The normalized spacial score (nSPS) is 10.6. The summed E-state index contributed by atoms with van der Waals surface area (Å²) in [5.74, 6) is 0. The Morgan fingerprint density at radius 2 is 1.89 bits per heavy atom. The van der Waals surface area contributed by atoms with Gasteiger partial charge in [0.25, 0.3) is 0 Å². The van der Waals surface area contributed by atoms with Gasteiger partial charge in [0.2, 0.25) is 0 Å². The average molecular weight is 125 g/mol. The van der Waals surface area contributed by atoms with Crippen LogP contribution in [-0.2, 0) is 0 Å². The third kappa shape index (κ3) is 5.15. The van der Waals surface area contributed by atoms with Gasteiger partial charge >= 0.3 is 0 Å². The van der Waals surface area contributed by atoms with Gasteiger partial charge in [0.05, 0.1) is 0 Å². The van der Waals surface area contributed by atoms with Gasteiger partial charge < -0.3 is 5.32 Å². The second-order valence-electron chi connectivity index (χ2n) is 3.10. The number of rotatable bonds is 2. The quantitative estimate of drug-likeness (QED) is 0.557. The average Bonchev–Trinajstić information content (AvgIpc) is 1.62. The molecule has 0 saturated carbocycles. The van der Waals surface area contributed by atoms with Crippen molar-refractivity contribution < 1.29 is 0 Å². The zero-order chi connectivity index (χ0) is 7.49. The molecule has 0 aromatic carbocycles. The second kappa shape index (κ2) is 2.72. The first-order valence-electron chi connectivity index (χ1n) is 3.05. The van der Waals surface area contributed by atoms with Crippen LogP contribution in [0, 0.1) is 0 Å². The monoisotopic (exact) mass is 125 g/mol. The third-order valence-corrected chi connectivity index (χ3v) is 0.782. The van der Waals surface area contributed by atoms with Crippen LogP contribution in [0.15, 0.2) is 24.9 Å². The highest BCUT2D eigenvalue weighted by molar-refractivity contribution is 5.10. The first-order valence-corrected chi connectivity index (χ1v) is 3.05. The molecule has 0 aliphatic heterocycles. The van der Waals surface area contributed by atoms with Crippen LogP contribution < -0.4 is 5.32 Å². The molecule has 1 N–H and O–H groups in total. The molecule has 1 nitrogen and oxygen atoms in total. The minimum absolute atomic E-state index is 0.102.